The van der Waals surface area contributed by atoms with Crippen LogP contribution in [0.2, 0.25) is 0 Å². The van der Waals surface area contributed by atoms with Gasteiger partial charge >= 0.3 is 0 Å². The Balaban J connectivity index is 1.64. The van der Waals surface area contributed by atoms with Gasteiger partial charge in [0.1, 0.15) is 15.6 Å². The van der Waals surface area contributed by atoms with Crippen molar-refractivity contribution in [1.82, 2.24) is 10.2 Å². The number of benzene rings is 1. The Bertz CT molecular complexity index is 702. The summed E-state index contributed by atoms with van der Waals surface area (Å²) in [6.07, 6.45) is 0.756. The number of carbonyl (C=O) groups excluding carboxylic acids is 1. The molecule has 3 rings (SSSR count). The van der Waals surface area contributed by atoms with Crippen molar-refractivity contribution in [3.8, 4) is 5.75 Å². The number of aromatic nitrogens is 2. The molecule has 1 amide bonds. The van der Waals surface area contributed by atoms with Gasteiger partial charge in [-0.05, 0) is 38.0 Å². The predicted molar refractivity (Wildman–Crippen MR) is 91.5 cm³/mol. The molecule has 8 heteroatoms. The smallest absolute Gasteiger partial charge is 0.269 e. The molecule has 0 aliphatic heterocycles. The van der Waals surface area contributed by atoms with Crippen molar-refractivity contribution < 1.29 is 9.53 Å². The highest BCUT2D eigenvalue weighted by Gasteiger charge is 2.52. The van der Waals surface area contributed by atoms with Crippen molar-refractivity contribution >= 4 is 45.6 Å². The van der Waals surface area contributed by atoms with Gasteiger partial charge in [-0.1, -0.05) is 23.5 Å². The van der Waals surface area contributed by atoms with Gasteiger partial charge in [0.15, 0.2) is 5.60 Å². The van der Waals surface area contributed by atoms with E-state index in [1.54, 1.807) is 19.4 Å². The van der Waals surface area contributed by atoms with Crippen LogP contribution in [0, 0.1) is 0 Å². The number of nitrogens with zero attached hydrogens (tertiary/aromatic N) is 2. The minimum Gasteiger partial charge on any atom is -0.478 e. The molecule has 2 aromatic rings. The molecule has 5 nitrogen and oxygen atoms in total. The monoisotopic (exact) mass is 371 g/mol. The summed E-state index contributed by atoms with van der Waals surface area (Å²) in [5.41, 5.74) is 1.57. The van der Waals surface area contributed by atoms with Gasteiger partial charge in [-0.15, -0.1) is 33.4 Å². The summed E-state index contributed by atoms with van der Waals surface area (Å²) >= 11 is 13.4. The van der Waals surface area contributed by atoms with Gasteiger partial charge in [0.25, 0.3) is 5.91 Å². The van der Waals surface area contributed by atoms with Crippen molar-refractivity contribution in [2.75, 3.05) is 5.32 Å². The van der Waals surface area contributed by atoms with Crippen LogP contribution in [0.25, 0.3) is 0 Å². The molecule has 1 aromatic carbocycles. The van der Waals surface area contributed by atoms with E-state index in [4.69, 9.17) is 27.9 Å². The van der Waals surface area contributed by atoms with Crippen LogP contribution in [0.5, 0.6) is 5.75 Å². The quantitative estimate of drug-likeness (QED) is 0.806. The average Bonchev–Trinajstić information content (AvgIpc) is 2.87. The molecular weight excluding hydrogens is 357 g/mol. The maximum absolute atomic E-state index is 12.3. The summed E-state index contributed by atoms with van der Waals surface area (Å²) in [6, 6.07) is 7.48. The molecule has 0 unspecified atom stereocenters. The lowest BCUT2D eigenvalue weighted by molar-refractivity contribution is -0.128. The van der Waals surface area contributed by atoms with Crippen molar-refractivity contribution in [3.63, 3.8) is 0 Å². The van der Waals surface area contributed by atoms with Crippen LogP contribution < -0.4 is 10.1 Å². The van der Waals surface area contributed by atoms with Gasteiger partial charge in [0.2, 0.25) is 5.13 Å². The summed E-state index contributed by atoms with van der Waals surface area (Å²) in [5, 5.41) is 10.6. The number of rotatable bonds is 5. The van der Waals surface area contributed by atoms with E-state index in [2.05, 4.69) is 15.5 Å². The summed E-state index contributed by atoms with van der Waals surface area (Å²) in [7, 11) is 0. The maximum atomic E-state index is 12.3. The number of anilines is 1. The van der Waals surface area contributed by atoms with Crippen LogP contribution in [-0.4, -0.2) is 26.0 Å². The highest BCUT2D eigenvalue weighted by atomic mass is 35.5. The molecule has 1 aliphatic carbocycles. The minimum atomic E-state index is -1.05. The molecule has 1 saturated carbocycles. The third-order valence-electron chi connectivity index (χ3n) is 3.61. The van der Waals surface area contributed by atoms with Crippen LogP contribution in [0.1, 0.15) is 31.7 Å². The molecule has 1 aliphatic rings. The first-order valence-electron chi connectivity index (χ1n) is 7.02. The Kier molecular flexibility index (Phi) is 4.25. The van der Waals surface area contributed by atoms with Gasteiger partial charge in [0.05, 0.1) is 0 Å². The van der Waals surface area contributed by atoms with Gasteiger partial charge in [-0.2, -0.15) is 0 Å². The first-order chi connectivity index (χ1) is 10.8. The molecule has 23 heavy (non-hydrogen) atoms. The SMILES string of the molecule is CC(C)(Oc1ccc([C@H]2CC2(Cl)Cl)cc1)C(=O)Nc1nncs1. The Morgan fingerprint density at radius 2 is 2.04 bits per heavy atom. The molecule has 1 heterocycles. The van der Waals surface area contributed by atoms with Gasteiger partial charge < -0.3 is 4.74 Å². The largest absolute Gasteiger partial charge is 0.478 e. The predicted octanol–water partition coefficient (Wildman–Crippen LogP) is 4.00. The minimum absolute atomic E-state index is 0.161. The number of alkyl halides is 2. The van der Waals surface area contributed by atoms with E-state index in [1.165, 1.54) is 11.3 Å². The molecule has 1 fully saturated rings. The number of hydrogen-bond donors (Lipinski definition) is 1. The number of carbonyl (C=O) groups is 1. The zero-order valence-corrected chi connectivity index (χ0v) is 14.9. The first kappa shape index (κ1) is 16.5. The highest BCUT2D eigenvalue weighted by Crippen LogP contribution is 2.59. The molecule has 0 spiro atoms. The van der Waals surface area contributed by atoms with Crippen LogP contribution in [0.15, 0.2) is 29.8 Å². The van der Waals surface area contributed by atoms with E-state index in [-0.39, 0.29) is 11.8 Å². The fourth-order valence-corrected chi connectivity index (χ4v) is 3.16. The van der Waals surface area contributed by atoms with Gasteiger partial charge in [-0.25, -0.2) is 0 Å². The van der Waals surface area contributed by atoms with E-state index in [9.17, 15) is 4.79 Å². The second-order valence-corrected chi connectivity index (χ2v) is 8.27. The van der Waals surface area contributed by atoms with Crippen molar-refractivity contribution in [1.29, 1.82) is 0 Å². The number of hydrogen-bond acceptors (Lipinski definition) is 5. The zero-order chi connectivity index (χ0) is 16.7. The topological polar surface area (TPSA) is 64.1 Å². The lowest BCUT2D eigenvalue weighted by atomic mass is 10.1. The molecule has 122 valence electrons. The molecule has 0 bridgehead atoms. The third kappa shape index (κ3) is 3.76. The summed E-state index contributed by atoms with van der Waals surface area (Å²) in [6.45, 7) is 3.39. The number of nitrogens with one attached hydrogen (secondary N) is 1. The first-order valence-corrected chi connectivity index (χ1v) is 8.66. The van der Waals surface area contributed by atoms with Crippen LogP contribution in [0.4, 0.5) is 5.13 Å². The normalized spacial score (nSPS) is 19.2. The third-order valence-corrected chi connectivity index (χ3v) is 5.05. The summed E-state index contributed by atoms with van der Waals surface area (Å²) in [4.78, 5) is 12.3. The maximum Gasteiger partial charge on any atom is 0.269 e. The standard InChI is InChI=1S/C15H15Cl2N3O2S/c1-14(2,12(21)19-13-20-18-8-23-13)22-10-5-3-9(4-6-10)11-7-15(11,16)17/h3-6,8,11H,7H2,1-2H3,(H,19,20,21)/t11-/m1/s1. The lowest BCUT2D eigenvalue weighted by Gasteiger charge is -2.24. The fraction of sp³-hybridized carbons (Fsp3) is 0.400. The van der Waals surface area contributed by atoms with Crippen molar-refractivity contribution in [2.45, 2.75) is 36.1 Å². The van der Waals surface area contributed by atoms with E-state index >= 15 is 0 Å². The Morgan fingerprint density at radius 1 is 1.39 bits per heavy atom. The highest BCUT2D eigenvalue weighted by molar-refractivity contribution is 7.13. The van der Waals surface area contributed by atoms with Gasteiger partial charge in [-0.3, -0.25) is 10.1 Å². The van der Waals surface area contributed by atoms with Crippen LogP contribution in [-0.2, 0) is 4.79 Å². The molecule has 1 atom stereocenters. The summed E-state index contributed by atoms with van der Waals surface area (Å²) in [5.74, 6) is 0.469. The fourth-order valence-electron chi connectivity index (χ4n) is 2.16. The molecule has 1 N–H and O–H groups in total. The lowest BCUT2D eigenvalue weighted by Crippen LogP contribution is -2.42. The number of ether oxygens (including phenoxy) is 1. The number of halogens is 2. The van der Waals surface area contributed by atoms with Crippen molar-refractivity contribution in [3.05, 3.63) is 35.3 Å². The van der Waals surface area contributed by atoms with Crippen molar-refractivity contribution in [2.24, 2.45) is 0 Å². The van der Waals surface area contributed by atoms with E-state index in [0.29, 0.717) is 10.9 Å². The molecular formula is C15H15Cl2N3O2S. The van der Waals surface area contributed by atoms with Crippen LogP contribution in [0.3, 0.4) is 0 Å². The Labute approximate surface area is 148 Å². The second kappa shape index (κ2) is 5.92. The van der Waals surface area contributed by atoms with E-state index in [1.807, 2.05) is 24.3 Å². The number of amides is 1. The zero-order valence-electron chi connectivity index (χ0n) is 12.5. The summed E-state index contributed by atoms with van der Waals surface area (Å²) < 4.78 is 5.15. The van der Waals surface area contributed by atoms with Gasteiger partial charge in [0, 0.05) is 5.92 Å². The molecule has 0 radical (unpaired) electrons. The average molecular weight is 372 g/mol. The molecule has 0 saturated heterocycles. The Morgan fingerprint density at radius 3 is 2.57 bits per heavy atom. The molecule has 1 aromatic heterocycles. The van der Waals surface area contributed by atoms with Crippen LogP contribution >= 0.6 is 34.5 Å². The van der Waals surface area contributed by atoms with E-state index in [0.717, 1.165) is 12.0 Å². The Hall–Kier alpha value is -1.37. The second-order valence-electron chi connectivity index (χ2n) is 5.90. The van der Waals surface area contributed by atoms with E-state index < -0.39 is 9.93 Å².